The molecule has 162 valence electrons. The van der Waals surface area contributed by atoms with Gasteiger partial charge in [0.05, 0.1) is 24.2 Å². The van der Waals surface area contributed by atoms with Crippen molar-refractivity contribution in [2.75, 3.05) is 24.3 Å². The number of nitrogen functional groups attached to an aromatic ring is 1. The number of hydrogen-bond acceptors (Lipinski definition) is 9. The van der Waals surface area contributed by atoms with Crippen LogP contribution in [0.1, 0.15) is 25.0 Å². The second kappa shape index (κ2) is 9.67. The number of nitrogens with zero attached hydrogens (tertiary/aromatic N) is 3. The molecule has 0 radical (unpaired) electrons. The van der Waals surface area contributed by atoms with Crippen molar-refractivity contribution in [3.8, 4) is 23.3 Å². The molecule has 0 aliphatic heterocycles. The van der Waals surface area contributed by atoms with Crippen molar-refractivity contribution in [3.63, 3.8) is 0 Å². The number of thioether (sulfide) groups is 1. The van der Waals surface area contributed by atoms with Gasteiger partial charge in [0.1, 0.15) is 28.5 Å². The first-order valence-electron chi connectivity index (χ1n) is 8.79. The molecule has 0 saturated carbocycles. The number of nitriles is 2. The quantitative estimate of drug-likeness (QED) is 0.445. The Morgan fingerprint density at radius 1 is 1.29 bits per heavy atom. The average molecular weight is 479 g/mol. The fraction of sp³-hybridized carbons (Fsp3) is 0.300. The number of nitrogens with two attached hydrogens (primary N) is 1. The molecule has 2 rings (SSSR count). The van der Waals surface area contributed by atoms with Gasteiger partial charge < -0.3 is 5.73 Å². The monoisotopic (exact) mass is 478 g/mol. The van der Waals surface area contributed by atoms with Crippen LogP contribution < -0.4 is 5.73 Å². The minimum Gasteiger partial charge on any atom is -0.383 e. The molecule has 0 unspecified atom stereocenters. The topological polar surface area (TPSA) is 147 Å². The molecule has 0 atom stereocenters. The van der Waals surface area contributed by atoms with Crippen LogP contribution in [0.5, 0.6) is 0 Å². The summed E-state index contributed by atoms with van der Waals surface area (Å²) in [5.74, 6) is -0.493. The van der Waals surface area contributed by atoms with E-state index in [-0.39, 0.29) is 45.7 Å². The van der Waals surface area contributed by atoms with E-state index in [2.05, 4.69) is 4.98 Å². The molecular formula is C20H19ClN4O4S2. The summed E-state index contributed by atoms with van der Waals surface area (Å²) in [6, 6.07) is 10.6. The maximum atomic E-state index is 12.7. The highest BCUT2D eigenvalue weighted by Gasteiger charge is 2.30. The highest BCUT2D eigenvalue weighted by atomic mass is 35.5. The smallest absolute Gasteiger partial charge is 0.264 e. The van der Waals surface area contributed by atoms with Crippen LogP contribution in [0.4, 0.5) is 5.82 Å². The summed E-state index contributed by atoms with van der Waals surface area (Å²) >= 11 is 7.04. The van der Waals surface area contributed by atoms with E-state index in [0.717, 1.165) is 18.0 Å². The van der Waals surface area contributed by atoms with Gasteiger partial charge in [0, 0.05) is 16.0 Å². The van der Waals surface area contributed by atoms with Crippen molar-refractivity contribution in [3.05, 3.63) is 40.4 Å². The van der Waals surface area contributed by atoms with Gasteiger partial charge in [-0.1, -0.05) is 49.3 Å². The molecule has 31 heavy (non-hydrogen) atoms. The number of ketones is 1. The molecule has 1 aromatic carbocycles. The summed E-state index contributed by atoms with van der Waals surface area (Å²) < 4.78 is 27.2. The normalized spacial score (nSPS) is 11.5. The molecule has 0 spiro atoms. The van der Waals surface area contributed by atoms with Crippen molar-refractivity contribution in [2.45, 2.75) is 18.9 Å². The zero-order valence-electron chi connectivity index (χ0n) is 17.0. The van der Waals surface area contributed by atoms with Gasteiger partial charge in [0.2, 0.25) is 0 Å². The third-order valence-corrected chi connectivity index (χ3v) is 6.01. The number of aromatic nitrogens is 1. The van der Waals surface area contributed by atoms with E-state index in [1.165, 1.54) is 0 Å². The van der Waals surface area contributed by atoms with E-state index in [0.29, 0.717) is 10.6 Å². The van der Waals surface area contributed by atoms with E-state index in [4.69, 9.17) is 21.5 Å². The van der Waals surface area contributed by atoms with E-state index < -0.39 is 15.5 Å². The van der Waals surface area contributed by atoms with E-state index >= 15 is 0 Å². The highest BCUT2D eigenvalue weighted by molar-refractivity contribution is 8.00. The Hall–Kier alpha value is -2.63. The van der Waals surface area contributed by atoms with E-state index in [1.807, 2.05) is 12.1 Å². The lowest BCUT2D eigenvalue weighted by atomic mass is 9.90. The first kappa shape index (κ1) is 24.6. The van der Waals surface area contributed by atoms with Crippen molar-refractivity contribution < 1.29 is 17.4 Å². The molecule has 0 aliphatic carbocycles. The number of Topliss-reactive ketones (excluding diaryl/α,β-unsaturated/α-hetero) is 1. The van der Waals surface area contributed by atoms with Gasteiger partial charge in [-0.15, -0.1) is 0 Å². The Labute approximate surface area is 190 Å². The van der Waals surface area contributed by atoms with Crippen molar-refractivity contribution in [1.29, 1.82) is 10.5 Å². The highest BCUT2D eigenvalue weighted by Crippen LogP contribution is 2.37. The van der Waals surface area contributed by atoms with Gasteiger partial charge in [0.15, 0.2) is 5.78 Å². The summed E-state index contributed by atoms with van der Waals surface area (Å²) in [6.07, 6.45) is 0.905. The predicted octanol–water partition coefficient (Wildman–Crippen LogP) is 3.39. The summed E-state index contributed by atoms with van der Waals surface area (Å²) in [5.41, 5.74) is 5.81. The molecule has 0 amide bonds. The van der Waals surface area contributed by atoms with Crippen molar-refractivity contribution in [2.24, 2.45) is 5.41 Å². The van der Waals surface area contributed by atoms with Gasteiger partial charge >= 0.3 is 0 Å². The van der Waals surface area contributed by atoms with Gasteiger partial charge in [-0.2, -0.15) is 18.9 Å². The number of carbonyl (C=O) groups excluding carboxylic acids is 1. The standard InChI is InChI=1S/C20H19ClN4O4S2/c1-20(2,11-29-31(3,27)28)16(26)10-30-19-15(9-23)17(14(8-22)18(24)25-19)12-5-4-6-13(21)7-12/h4-7H,10-11H2,1-3H3,(H2,24,25). The third-order valence-electron chi connectivity index (χ3n) is 4.26. The molecule has 1 aromatic heterocycles. The first-order valence-corrected chi connectivity index (χ1v) is 12.0. The average Bonchev–Trinajstić information content (AvgIpc) is 2.69. The molecule has 1 heterocycles. The predicted molar refractivity (Wildman–Crippen MR) is 119 cm³/mol. The number of hydrogen-bond donors (Lipinski definition) is 1. The zero-order valence-corrected chi connectivity index (χ0v) is 19.4. The summed E-state index contributed by atoms with van der Waals surface area (Å²) in [4.78, 5) is 16.8. The fourth-order valence-corrected chi connectivity index (χ4v) is 4.31. The second-order valence-electron chi connectivity index (χ2n) is 7.22. The van der Waals surface area contributed by atoms with Crippen LogP contribution in [0.2, 0.25) is 5.02 Å². The van der Waals surface area contributed by atoms with E-state index in [1.54, 1.807) is 38.1 Å². The lowest BCUT2D eigenvalue weighted by Crippen LogP contribution is -2.32. The maximum Gasteiger partial charge on any atom is 0.264 e. The Morgan fingerprint density at radius 2 is 1.94 bits per heavy atom. The minimum absolute atomic E-state index is 0.0383. The zero-order chi connectivity index (χ0) is 23.4. The molecule has 0 aliphatic rings. The van der Waals surface area contributed by atoms with Gasteiger partial charge in [-0.3, -0.25) is 8.98 Å². The Balaban J connectivity index is 2.41. The van der Waals surface area contributed by atoms with Crippen LogP contribution in [-0.2, 0) is 19.1 Å². The number of benzene rings is 1. The van der Waals surface area contributed by atoms with Crippen LogP contribution >= 0.6 is 23.4 Å². The lowest BCUT2D eigenvalue weighted by molar-refractivity contribution is -0.125. The summed E-state index contributed by atoms with van der Waals surface area (Å²) in [6.45, 7) is 2.81. The SMILES string of the molecule is CC(C)(COS(C)(=O)=O)C(=O)CSc1nc(N)c(C#N)c(-c2cccc(Cl)c2)c1C#N. The maximum absolute atomic E-state index is 12.7. The van der Waals surface area contributed by atoms with Crippen LogP contribution in [0, 0.1) is 28.1 Å². The van der Waals surface area contributed by atoms with Crippen LogP contribution in [0.3, 0.4) is 0 Å². The Kier molecular flexibility index (Phi) is 7.68. The third kappa shape index (κ3) is 6.18. The fourth-order valence-electron chi connectivity index (χ4n) is 2.50. The Morgan fingerprint density at radius 3 is 2.48 bits per heavy atom. The second-order valence-corrected chi connectivity index (χ2v) is 10.3. The lowest BCUT2D eigenvalue weighted by Gasteiger charge is -2.22. The van der Waals surface area contributed by atoms with Gasteiger partial charge in [0.25, 0.3) is 10.1 Å². The van der Waals surface area contributed by atoms with Crippen molar-refractivity contribution >= 4 is 45.1 Å². The molecule has 2 aromatic rings. The minimum atomic E-state index is -3.69. The van der Waals surface area contributed by atoms with Crippen LogP contribution in [0.15, 0.2) is 29.3 Å². The number of anilines is 1. The first-order chi connectivity index (χ1) is 14.4. The molecule has 0 fully saturated rings. The summed E-state index contributed by atoms with van der Waals surface area (Å²) in [5, 5.41) is 19.9. The molecule has 8 nitrogen and oxygen atoms in total. The van der Waals surface area contributed by atoms with E-state index in [9.17, 15) is 23.7 Å². The molecule has 11 heteroatoms. The number of halogens is 1. The number of pyridine rings is 1. The molecular weight excluding hydrogens is 460 g/mol. The number of rotatable bonds is 8. The molecule has 0 bridgehead atoms. The molecule has 2 N–H and O–H groups in total. The van der Waals surface area contributed by atoms with Gasteiger partial charge in [-0.25, -0.2) is 4.98 Å². The van der Waals surface area contributed by atoms with Crippen LogP contribution in [0.25, 0.3) is 11.1 Å². The molecule has 0 saturated heterocycles. The number of carbonyl (C=O) groups is 1. The largest absolute Gasteiger partial charge is 0.383 e. The summed E-state index contributed by atoms with van der Waals surface area (Å²) in [7, 11) is -3.69. The van der Waals surface area contributed by atoms with Crippen molar-refractivity contribution in [1.82, 2.24) is 4.98 Å². The Bertz CT molecular complexity index is 1210. The van der Waals surface area contributed by atoms with Crippen LogP contribution in [-0.4, -0.2) is 37.8 Å². The van der Waals surface area contributed by atoms with Gasteiger partial charge in [-0.05, 0) is 17.7 Å².